The van der Waals surface area contributed by atoms with E-state index in [4.69, 9.17) is 0 Å². The van der Waals surface area contributed by atoms with E-state index in [0.717, 1.165) is 18.4 Å². The quantitative estimate of drug-likeness (QED) is 0.669. The Morgan fingerprint density at radius 1 is 1.21 bits per heavy atom. The van der Waals surface area contributed by atoms with Crippen molar-refractivity contribution in [1.29, 1.82) is 0 Å². The molecule has 0 aliphatic carbocycles. The minimum atomic E-state index is -3.43. The summed E-state index contributed by atoms with van der Waals surface area (Å²) in [4.78, 5) is 9.01. The molecule has 29 heavy (non-hydrogen) atoms. The van der Waals surface area contributed by atoms with Crippen LogP contribution in [0.25, 0.3) is 5.82 Å². The number of nitrogens with zero attached hydrogens (tertiary/aromatic N) is 5. The van der Waals surface area contributed by atoms with Crippen molar-refractivity contribution in [3.05, 3.63) is 60.7 Å². The molecule has 0 saturated carbocycles. The SMILES string of the molecule is C[C@H]1CCCN(S(=O)(=O)c2ccc(CNc3cncc(-n4cccn4)n3)cc2)C1. The van der Waals surface area contributed by atoms with Gasteiger partial charge < -0.3 is 5.32 Å². The molecule has 3 heterocycles. The lowest BCUT2D eigenvalue weighted by atomic mass is 10.0. The Hall–Kier alpha value is -2.78. The topological polar surface area (TPSA) is 93.0 Å². The average molecular weight is 413 g/mol. The van der Waals surface area contributed by atoms with Crippen molar-refractivity contribution in [3.8, 4) is 5.82 Å². The van der Waals surface area contributed by atoms with Gasteiger partial charge in [-0.2, -0.15) is 9.40 Å². The van der Waals surface area contributed by atoms with E-state index >= 15 is 0 Å². The zero-order valence-electron chi connectivity index (χ0n) is 16.3. The zero-order valence-corrected chi connectivity index (χ0v) is 17.1. The van der Waals surface area contributed by atoms with Gasteiger partial charge in [0.1, 0.15) is 5.82 Å². The van der Waals surface area contributed by atoms with Crippen molar-refractivity contribution >= 4 is 15.8 Å². The lowest BCUT2D eigenvalue weighted by Gasteiger charge is -2.30. The third kappa shape index (κ3) is 4.46. The van der Waals surface area contributed by atoms with Gasteiger partial charge in [-0.25, -0.2) is 18.1 Å². The predicted molar refractivity (Wildman–Crippen MR) is 110 cm³/mol. The monoisotopic (exact) mass is 412 g/mol. The second kappa shape index (κ2) is 8.30. The highest BCUT2D eigenvalue weighted by Gasteiger charge is 2.28. The van der Waals surface area contributed by atoms with Crippen molar-refractivity contribution in [1.82, 2.24) is 24.1 Å². The fourth-order valence-electron chi connectivity index (χ4n) is 3.44. The lowest BCUT2D eigenvalue weighted by Crippen LogP contribution is -2.39. The van der Waals surface area contributed by atoms with Crippen LogP contribution in [0.4, 0.5) is 5.82 Å². The maximum Gasteiger partial charge on any atom is 0.243 e. The molecule has 0 radical (unpaired) electrons. The van der Waals surface area contributed by atoms with E-state index in [2.05, 4.69) is 27.3 Å². The number of nitrogens with one attached hydrogen (secondary N) is 1. The highest BCUT2D eigenvalue weighted by atomic mass is 32.2. The van der Waals surface area contributed by atoms with Crippen LogP contribution in [-0.2, 0) is 16.6 Å². The molecule has 0 bridgehead atoms. The molecule has 1 N–H and O–H groups in total. The molecule has 152 valence electrons. The summed E-state index contributed by atoms with van der Waals surface area (Å²) >= 11 is 0. The summed E-state index contributed by atoms with van der Waals surface area (Å²) in [6.07, 6.45) is 8.77. The first-order valence-electron chi connectivity index (χ1n) is 9.67. The van der Waals surface area contributed by atoms with Crippen LogP contribution >= 0.6 is 0 Å². The largest absolute Gasteiger partial charge is 0.365 e. The fraction of sp³-hybridized carbons (Fsp3) is 0.350. The Labute approximate surface area is 170 Å². The number of hydrogen-bond acceptors (Lipinski definition) is 6. The third-order valence-corrected chi connectivity index (χ3v) is 6.89. The van der Waals surface area contributed by atoms with E-state index in [9.17, 15) is 8.42 Å². The lowest BCUT2D eigenvalue weighted by molar-refractivity contribution is 0.281. The second-order valence-electron chi connectivity index (χ2n) is 7.32. The van der Waals surface area contributed by atoms with Crippen LogP contribution in [0, 0.1) is 5.92 Å². The van der Waals surface area contributed by atoms with Crippen LogP contribution in [0.1, 0.15) is 25.3 Å². The molecule has 0 amide bonds. The molecule has 1 aromatic carbocycles. The van der Waals surface area contributed by atoms with E-state index < -0.39 is 10.0 Å². The van der Waals surface area contributed by atoms with Crippen LogP contribution in [0.2, 0.25) is 0 Å². The standard InChI is InChI=1S/C20H24N6O2S/c1-16-4-2-10-25(15-16)29(27,28)18-7-5-17(6-8-18)12-22-19-13-21-14-20(24-19)26-11-3-9-23-26/h3,5-9,11,13-14,16H,2,4,10,12,15H2,1H3,(H,22,24)/t16-/m0/s1. The number of rotatable bonds is 6. The fourth-order valence-corrected chi connectivity index (χ4v) is 5.04. The second-order valence-corrected chi connectivity index (χ2v) is 9.26. The summed E-state index contributed by atoms with van der Waals surface area (Å²) < 4.78 is 29.0. The highest BCUT2D eigenvalue weighted by Crippen LogP contribution is 2.23. The van der Waals surface area contributed by atoms with Gasteiger partial charge in [-0.15, -0.1) is 0 Å². The Bertz CT molecular complexity index is 1050. The van der Waals surface area contributed by atoms with Crippen molar-refractivity contribution in [2.75, 3.05) is 18.4 Å². The summed E-state index contributed by atoms with van der Waals surface area (Å²) in [6, 6.07) is 8.84. The van der Waals surface area contributed by atoms with E-state index in [-0.39, 0.29) is 0 Å². The normalized spacial score (nSPS) is 17.9. The van der Waals surface area contributed by atoms with Crippen LogP contribution in [0.3, 0.4) is 0 Å². The van der Waals surface area contributed by atoms with Crippen molar-refractivity contribution in [2.45, 2.75) is 31.2 Å². The van der Waals surface area contributed by atoms with Gasteiger partial charge in [0.25, 0.3) is 0 Å². The van der Waals surface area contributed by atoms with Crippen molar-refractivity contribution in [2.24, 2.45) is 5.92 Å². The van der Waals surface area contributed by atoms with Crippen molar-refractivity contribution < 1.29 is 8.42 Å². The molecule has 9 heteroatoms. The molecule has 1 fully saturated rings. The van der Waals surface area contributed by atoms with Crippen LogP contribution in [0.5, 0.6) is 0 Å². The minimum Gasteiger partial charge on any atom is -0.365 e. The van der Waals surface area contributed by atoms with E-state index in [0.29, 0.717) is 42.1 Å². The molecule has 1 aliphatic heterocycles. The van der Waals surface area contributed by atoms with Crippen molar-refractivity contribution in [3.63, 3.8) is 0 Å². The summed E-state index contributed by atoms with van der Waals surface area (Å²) in [5.74, 6) is 1.65. The third-order valence-electron chi connectivity index (χ3n) is 5.02. The van der Waals surface area contributed by atoms with E-state index in [1.54, 1.807) is 45.9 Å². The van der Waals surface area contributed by atoms with Gasteiger partial charge in [0.15, 0.2) is 5.82 Å². The first-order valence-corrected chi connectivity index (χ1v) is 11.1. The van der Waals surface area contributed by atoms with Gasteiger partial charge in [-0.1, -0.05) is 19.1 Å². The zero-order chi connectivity index (χ0) is 20.3. The minimum absolute atomic E-state index is 0.343. The van der Waals surface area contributed by atoms with E-state index in [1.165, 1.54) is 0 Å². The molecule has 8 nitrogen and oxygen atoms in total. The van der Waals surface area contributed by atoms with Gasteiger partial charge in [0.05, 0.1) is 17.3 Å². The van der Waals surface area contributed by atoms with E-state index in [1.807, 2.05) is 18.2 Å². The number of sulfonamides is 1. The first-order chi connectivity index (χ1) is 14.0. The Morgan fingerprint density at radius 2 is 2.03 bits per heavy atom. The molecule has 4 rings (SSSR count). The summed E-state index contributed by atoms with van der Waals surface area (Å²) in [5, 5.41) is 7.36. The smallest absolute Gasteiger partial charge is 0.243 e. The molecule has 1 saturated heterocycles. The number of benzene rings is 1. The maximum atomic E-state index is 12.9. The number of piperidine rings is 1. The predicted octanol–water partition coefficient (Wildman–Crippen LogP) is 2.70. The van der Waals surface area contributed by atoms with Gasteiger partial charge in [0, 0.05) is 32.0 Å². The summed E-state index contributed by atoms with van der Waals surface area (Å²) in [6.45, 7) is 3.80. The Balaban J connectivity index is 1.42. The Kier molecular flexibility index (Phi) is 5.59. The molecular formula is C20H24N6O2S. The van der Waals surface area contributed by atoms with Crippen LogP contribution in [-0.4, -0.2) is 45.6 Å². The number of anilines is 1. The molecule has 1 atom stereocenters. The van der Waals surface area contributed by atoms with Gasteiger partial charge in [-0.3, -0.25) is 4.98 Å². The molecule has 0 spiro atoms. The molecule has 3 aromatic rings. The highest BCUT2D eigenvalue weighted by molar-refractivity contribution is 7.89. The van der Waals surface area contributed by atoms with Gasteiger partial charge in [-0.05, 0) is 42.5 Å². The number of hydrogen-bond donors (Lipinski definition) is 1. The molecular weight excluding hydrogens is 388 g/mol. The maximum absolute atomic E-state index is 12.9. The van der Waals surface area contributed by atoms with Crippen LogP contribution in [0.15, 0.2) is 60.0 Å². The number of aromatic nitrogens is 4. The molecule has 1 aliphatic rings. The summed E-state index contributed by atoms with van der Waals surface area (Å²) in [5.41, 5.74) is 0.960. The molecule has 2 aromatic heterocycles. The van der Waals surface area contributed by atoms with Crippen LogP contribution < -0.4 is 5.32 Å². The molecule has 0 unspecified atom stereocenters. The summed E-state index contributed by atoms with van der Waals surface area (Å²) in [7, 11) is -3.43. The average Bonchev–Trinajstić information content (AvgIpc) is 3.28. The van der Waals surface area contributed by atoms with Gasteiger partial charge in [0.2, 0.25) is 10.0 Å². The first kappa shape index (κ1) is 19.5. The van der Waals surface area contributed by atoms with Gasteiger partial charge >= 0.3 is 0 Å². The Morgan fingerprint density at radius 3 is 2.76 bits per heavy atom.